The Hall–Kier alpha value is -1.40. The van der Waals surface area contributed by atoms with E-state index in [4.69, 9.17) is 12.2 Å². The maximum atomic E-state index is 11.5. The van der Waals surface area contributed by atoms with Crippen LogP contribution < -0.4 is 16.2 Å². The molecule has 1 rings (SSSR count). The van der Waals surface area contributed by atoms with Gasteiger partial charge in [0.15, 0.2) is 5.11 Å². The number of hydrogen-bond donors (Lipinski definition) is 3. The van der Waals surface area contributed by atoms with E-state index < -0.39 is 0 Å². The second-order valence-corrected chi connectivity index (χ2v) is 5.79. The Morgan fingerprint density at radius 1 is 1.47 bits per heavy atom. The number of rotatable bonds is 5. The van der Waals surface area contributed by atoms with Gasteiger partial charge in [0.05, 0.1) is 0 Å². The maximum absolute atomic E-state index is 11.5. The highest BCUT2D eigenvalue weighted by Gasteiger charge is 1.99. The van der Waals surface area contributed by atoms with Gasteiger partial charge in [0.25, 0.3) is 5.91 Å². The van der Waals surface area contributed by atoms with Crippen molar-refractivity contribution in [1.29, 1.82) is 0 Å². The SMILES string of the molecule is CC(C)CCNC(=S)NNC(=O)/C=C/c1cccs1. The summed E-state index contributed by atoms with van der Waals surface area (Å²) in [5.74, 6) is 0.389. The molecule has 0 fully saturated rings. The summed E-state index contributed by atoms with van der Waals surface area (Å²) in [6.07, 6.45) is 4.26. The molecule has 1 amide bonds. The zero-order valence-electron chi connectivity index (χ0n) is 11.1. The molecule has 0 saturated carbocycles. The van der Waals surface area contributed by atoms with E-state index >= 15 is 0 Å². The van der Waals surface area contributed by atoms with E-state index in [0.717, 1.165) is 17.8 Å². The number of hydrazine groups is 1. The molecule has 0 aliphatic rings. The van der Waals surface area contributed by atoms with Crippen LogP contribution in [-0.2, 0) is 4.79 Å². The quantitative estimate of drug-likeness (QED) is 0.443. The molecule has 0 saturated heterocycles. The number of carbonyl (C=O) groups is 1. The van der Waals surface area contributed by atoms with E-state index in [-0.39, 0.29) is 5.91 Å². The summed E-state index contributed by atoms with van der Waals surface area (Å²) in [6, 6.07) is 3.88. The summed E-state index contributed by atoms with van der Waals surface area (Å²) in [5.41, 5.74) is 5.17. The average Bonchev–Trinajstić information content (AvgIpc) is 2.86. The highest BCUT2D eigenvalue weighted by molar-refractivity contribution is 7.80. The Morgan fingerprint density at radius 2 is 2.26 bits per heavy atom. The fraction of sp³-hybridized carbons (Fsp3) is 0.385. The molecule has 0 spiro atoms. The van der Waals surface area contributed by atoms with Crippen LogP contribution in [0.4, 0.5) is 0 Å². The van der Waals surface area contributed by atoms with E-state index in [1.807, 2.05) is 17.5 Å². The molecular formula is C13H19N3OS2. The molecule has 3 N–H and O–H groups in total. The van der Waals surface area contributed by atoms with E-state index in [1.54, 1.807) is 17.4 Å². The van der Waals surface area contributed by atoms with Gasteiger partial charge in [-0.05, 0) is 42.1 Å². The Labute approximate surface area is 123 Å². The summed E-state index contributed by atoms with van der Waals surface area (Å²) >= 11 is 6.61. The zero-order valence-corrected chi connectivity index (χ0v) is 12.7. The Bertz CT molecular complexity index is 427. The van der Waals surface area contributed by atoms with E-state index in [0.29, 0.717) is 11.0 Å². The minimum Gasteiger partial charge on any atom is -0.361 e. The van der Waals surface area contributed by atoms with Gasteiger partial charge in [0, 0.05) is 17.5 Å². The number of amides is 1. The molecular weight excluding hydrogens is 278 g/mol. The normalized spacial score (nSPS) is 10.7. The Kier molecular flexibility index (Phi) is 7.14. The molecule has 0 radical (unpaired) electrons. The first-order valence-electron chi connectivity index (χ1n) is 6.13. The number of hydrogen-bond acceptors (Lipinski definition) is 3. The molecule has 0 atom stereocenters. The largest absolute Gasteiger partial charge is 0.361 e. The van der Waals surface area contributed by atoms with Crippen molar-refractivity contribution >= 4 is 40.7 Å². The lowest BCUT2D eigenvalue weighted by molar-refractivity contribution is -0.116. The van der Waals surface area contributed by atoms with Gasteiger partial charge in [0.2, 0.25) is 0 Å². The van der Waals surface area contributed by atoms with Gasteiger partial charge in [-0.25, -0.2) is 0 Å². The lowest BCUT2D eigenvalue weighted by Crippen LogP contribution is -2.46. The van der Waals surface area contributed by atoms with Crippen molar-refractivity contribution in [3.63, 3.8) is 0 Å². The van der Waals surface area contributed by atoms with Crippen molar-refractivity contribution in [2.45, 2.75) is 20.3 Å². The van der Waals surface area contributed by atoms with E-state index in [2.05, 4.69) is 30.0 Å². The van der Waals surface area contributed by atoms with Gasteiger partial charge in [-0.15, -0.1) is 11.3 Å². The Morgan fingerprint density at radius 3 is 2.89 bits per heavy atom. The van der Waals surface area contributed by atoms with Crippen LogP contribution in [0.2, 0.25) is 0 Å². The average molecular weight is 297 g/mol. The Balaban J connectivity index is 2.17. The summed E-state index contributed by atoms with van der Waals surface area (Å²) in [5, 5.41) is 5.41. The standard InChI is InChI=1S/C13H19N3OS2/c1-10(2)7-8-14-13(18)16-15-12(17)6-5-11-4-3-9-19-11/h3-6,9-10H,7-8H2,1-2H3,(H,15,17)(H2,14,16,18)/b6-5+. The molecule has 0 aromatic carbocycles. The second kappa shape index (κ2) is 8.66. The van der Waals surface area contributed by atoms with Crippen LogP contribution in [0.15, 0.2) is 23.6 Å². The molecule has 19 heavy (non-hydrogen) atoms. The fourth-order valence-electron chi connectivity index (χ4n) is 1.22. The van der Waals surface area contributed by atoms with Crippen LogP contribution in [0.1, 0.15) is 25.1 Å². The third kappa shape index (κ3) is 7.58. The van der Waals surface area contributed by atoms with Crippen LogP contribution in [0, 0.1) is 5.92 Å². The third-order valence-electron chi connectivity index (χ3n) is 2.25. The highest BCUT2D eigenvalue weighted by atomic mass is 32.1. The molecule has 1 aromatic heterocycles. The molecule has 0 aliphatic carbocycles. The predicted molar refractivity (Wildman–Crippen MR) is 84.7 cm³/mol. The molecule has 6 heteroatoms. The van der Waals surface area contributed by atoms with Crippen molar-refractivity contribution in [3.8, 4) is 0 Å². The molecule has 0 unspecified atom stereocenters. The summed E-state index contributed by atoms with van der Waals surface area (Å²) < 4.78 is 0. The van der Waals surface area contributed by atoms with Crippen LogP contribution >= 0.6 is 23.6 Å². The number of thiophene rings is 1. The van der Waals surface area contributed by atoms with Gasteiger partial charge in [0.1, 0.15) is 0 Å². The third-order valence-corrected chi connectivity index (χ3v) is 3.33. The van der Waals surface area contributed by atoms with Crippen molar-refractivity contribution in [2.24, 2.45) is 5.92 Å². The zero-order chi connectivity index (χ0) is 14.1. The summed E-state index contributed by atoms with van der Waals surface area (Å²) in [6.45, 7) is 5.09. The first kappa shape index (κ1) is 15.7. The summed E-state index contributed by atoms with van der Waals surface area (Å²) in [4.78, 5) is 12.5. The summed E-state index contributed by atoms with van der Waals surface area (Å²) in [7, 11) is 0. The lowest BCUT2D eigenvalue weighted by Gasteiger charge is -2.11. The van der Waals surface area contributed by atoms with Gasteiger partial charge in [-0.2, -0.15) is 0 Å². The van der Waals surface area contributed by atoms with Crippen LogP contribution in [-0.4, -0.2) is 17.6 Å². The maximum Gasteiger partial charge on any atom is 0.262 e. The van der Waals surface area contributed by atoms with Crippen molar-refractivity contribution in [1.82, 2.24) is 16.2 Å². The smallest absolute Gasteiger partial charge is 0.262 e. The fourth-order valence-corrected chi connectivity index (χ4v) is 1.99. The molecule has 104 valence electrons. The number of nitrogens with one attached hydrogen (secondary N) is 3. The minimum absolute atomic E-state index is 0.235. The monoisotopic (exact) mass is 297 g/mol. The van der Waals surface area contributed by atoms with Gasteiger partial charge < -0.3 is 5.32 Å². The molecule has 1 aromatic rings. The van der Waals surface area contributed by atoms with Gasteiger partial charge in [-0.1, -0.05) is 19.9 Å². The highest BCUT2D eigenvalue weighted by Crippen LogP contribution is 2.09. The van der Waals surface area contributed by atoms with E-state index in [9.17, 15) is 4.79 Å². The van der Waals surface area contributed by atoms with Crippen molar-refractivity contribution in [3.05, 3.63) is 28.5 Å². The van der Waals surface area contributed by atoms with Gasteiger partial charge in [-0.3, -0.25) is 15.6 Å². The molecule has 1 heterocycles. The first-order valence-corrected chi connectivity index (χ1v) is 7.42. The lowest BCUT2D eigenvalue weighted by atomic mass is 10.1. The molecule has 0 aliphatic heterocycles. The number of carbonyl (C=O) groups excluding carboxylic acids is 1. The predicted octanol–water partition coefficient (Wildman–Crippen LogP) is 2.30. The second-order valence-electron chi connectivity index (χ2n) is 4.40. The first-order chi connectivity index (χ1) is 9.08. The topological polar surface area (TPSA) is 53.2 Å². The van der Waals surface area contributed by atoms with E-state index in [1.165, 1.54) is 6.08 Å². The van der Waals surface area contributed by atoms with Crippen LogP contribution in [0.3, 0.4) is 0 Å². The number of thiocarbonyl (C=S) groups is 1. The van der Waals surface area contributed by atoms with Crippen LogP contribution in [0.5, 0.6) is 0 Å². The van der Waals surface area contributed by atoms with Crippen molar-refractivity contribution in [2.75, 3.05) is 6.54 Å². The molecule has 4 nitrogen and oxygen atoms in total. The van der Waals surface area contributed by atoms with Gasteiger partial charge >= 0.3 is 0 Å². The van der Waals surface area contributed by atoms with Crippen LogP contribution in [0.25, 0.3) is 6.08 Å². The minimum atomic E-state index is -0.235. The van der Waals surface area contributed by atoms with Crippen molar-refractivity contribution < 1.29 is 4.79 Å². The molecule has 0 bridgehead atoms.